The van der Waals surface area contributed by atoms with Gasteiger partial charge in [0, 0.05) is 30.9 Å². The number of aliphatic hydroxyl groups excluding tert-OH is 1. The Kier molecular flexibility index (Phi) is 6.55. The number of carbonyl (C=O) groups excluding carboxylic acids is 1. The Hall–Kier alpha value is -2.28. The van der Waals surface area contributed by atoms with E-state index in [1.165, 1.54) is 0 Å². The third-order valence-electron chi connectivity index (χ3n) is 4.64. The topological polar surface area (TPSA) is 61.8 Å². The van der Waals surface area contributed by atoms with Crippen LogP contribution >= 0.6 is 0 Å². The average molecular weight is 371 g/mol. The van der Waals surface area contributed by atoms with Gasteiger partial charge in [-0.25, -0.2) is 4.39 Å². The Labute approximate surface area is 158 Å². The van der Waals surface area contributed by atoms with Crippen molar-refractivity contribution in [2.75, 3.05) is 31.6 Å². The summed E-state index contributed by atoms with van der Waals surface area (Å²) < 4.78 is 20.1. The molecule has 27 heavy (non-hydrogen) atoms. The Morgan fingerprint density at radius 1 is 1.26 bits per heavy atom. The third-order valence-corrected chi connectivity index (χ3v) is 4.64. The fourth-order valence-electron chi connectivity index (χ4n) is 3.21. The van der Waals surface area contributed by atoms with Crippen molar-refractivity contribution in [2.24, 2.45) is 0 Å². The van der Waals surface area contributed by atoms with Crippen LogP contribution in [0.4, 0.5) is 10.1 Å². The molecule has 3 rings (SSSR count). The van der Waals surface area contributed by atoms with Gasteiger partial charge in [0.25, 0.3) is 0 Å². The standard InChI is InChI=1S/C21H24FN2O3/c1-15(23-19-4-2-3-16(10-19)13-25)20-11-17(9-18(14-26)21(20)22)12-24-5-7-27-8-6-24/h2-4,9-11,14,23,25H,5-8,12-13H2,1H3. The van der Waals surface area contributed by atoms with Gasteiger partial charge in [-0.3, -0.25) is 9.69 Å². The molecule has 0 spiro atoms. The van der Waals surface area contributed by atoms with Crippen molar-refractivity contribution in [1.82, 2.24) is 4.90 Å². The van der Waals surface area contributed by atoms with Crippen LogP contribution in [0.5, 0.6) is 0 Å². The van der Waals surface area contributed by atoms with E-state index in [9.17, 15) is 14.3 Å². The molecule has 0 saturated carbocycles. The summed E-state index contributed by atoms with van der Waals surface area (Å²) in [5.74, 6) is -0.529. The molecule has 2 aromatic carbocycles. The van der Waals surface area contributed by atoms with E-state index in [2.05, 4.69) is 10.2 Å². The van der Waals surface area contributed by atoms with Gasteiger partial charge >= 0.3 is 0 Å². The van der Waals surface area contributed by atoms with Gasteiger partial charge in [0.15, 0.2) is 6.29 Å². The van der Waals surface area contributed by atoms with Gasteiger partial charge in [0.05, 0.1) is 31.4 Å². The number of aldehydes is 1. The van der Waals surface area contributed by atoms with Crippen LogP contribution in [0.3, 0.4) is 0 Å². The van der Waals surface area contributed by atoms with Crippen LogP contribution in [-0.2, 0) is 17.9 Å². The first kappa shape index (κ1) is 19.5. The summed E-state index contributed by atoms with van der Waals surface area (Å²) >= 11 is 0. The van der Waals surface area contributed by atoms with Gasteiger partial charge < -0.3 is 15.2 Å². The summed E-state index contributed by atoms with van der Waals surface area (Å²) in [7, 11) is 0. The van der Waals surface area contributed by atoms with Gasteiger partial charge in [0.2, 0.25) is 0 Å². The minimum absolute atomic E-state index is 0.0565. The molecule has 6 heteroatoms. The minimum Gasteiger partial charge on any atom is -0.392 e. The summed E-state index contributed by atoms with van der Waals surface area (Å²) in [5, 5.41) is 12.4. The van der Waals surface area contributed by atoms with Crippen LogP contribution in [0.15, 0.2) is 36.4 Å². The number of aliphatic hydroxyl groups is 1. The van der Waals surface area contributed by atoms with Gasteiger partial charge in [0.1, 0.15) is 5.82 Å². The zero-order chi connectivity index (χ0) is 19.2. The van der Waals surface area contributed by atoms with E-state index in [1.54, 1.807) is 25.1 Å². The average Bonchev–Trinajstić information content (AvgIpc) is 2.70. The number of hydrogen-bond acceptors (Lipinski definition) is 5. The molecule has 0 aliphatic carbocycles. The lowest BCUT2D eigenvalue weighted by atomic mass is 9.99. The molecule has 5 nitrogen and oxygen atoms in total. The summed E-state index contributed by atoms with van der Waals surface area (Å²) in [6.45, 7) is 5.36. The smallest absolute Gasteiger partial charge is 0.153 e. The van der Waals surface area contributed by atoms with Crippen LogP contribution in [0.2, 0.25) is 0 Å². The van der Waals surface area contributed by atoms with Crippen LogP contribution in [-0.4, -0.2) is 42.6 Å². The molecule has 1 heterocycles. The molecule has 1 aliphatic heterocycles. The van der Waals surface area contributed by atoms with Crippen molar-refractivity contribution in [3.8, 4) is 0 Å². The molecule has 1 aliphatic rings. The number of benzene rings is 2. The highest BCUT2D eigenvalue weighted by molar-refractivity contribution is 5.76. The van der Waals surface area contributed by atoms with Gasteiger partial charge in [-0.05, 0) is 42.3 Å². The Bertz CT molecular complexity index is 791. The summed E-state index contributed by atoms with van der Waals surface area (Å²) in [5.41, 5.74) is 2.84. The van der Waals surface area contributed by atoms with Crippen LogP contribution in [0, 0.1) is 11.9 Å². The highest BCUT2D eigenvalue weighted by Crippen LogP contribution is 2.25. The van der Waals surface area contributed by atoms with E-state index >= 15 is 0 Å². The monoisotopic (exact) mass is 371 g/mol. The molecule has 143 valence electrons. The quantitative estimate of drug-likeness (QED) is 0.733. The summed E-state index contributed by atoms with van der Waals surface area (Å²) in [6, 6.07) is 11.3. The second-order valence-electron chi connectivity index (χ2n) is 6.66. The molecule has 2 N–H and O–H groups in total. The lowest BCUT2D eigenvalue weighted by Gasteiger charge is -2.27. The molecule has 0 atom stereocenters. The molecule has 0 aromatic heterocycles. The van der Waals surface area contributed by atoms with E-state index in [4.69, 9.17) is 4.74 Å². The maximum Gasteiger partial charge on any atom is 0.153 e. The predicted octanol–water partition coefficient (Wildman–Crippen LogP) is 2.97. The first-order chi connectivity index (χ1) is 13.1. The molecule has 0 unspecified atom stereocenters. The van der Waals surface area contributed by atoms with Gasteiger partial charge in [-0.15, -0.1) is 0 Å². The van der Waals surface area contributed by atoms with Gasteiger partial charge in [-0.1, -0.05) is 12.1 Å². The van der Waals surface area contributed by atoms with Crippen molar-refractivity contribution in [1.29, 1.82) is 0 Å². The highest BCUT2D eigenvalue weighted by Gasteiger charge is 2.19. The summed E-state index contributed by atoms with van der Waals surface area (Å²) in [4.78, 5) is 13.6. The maximum absolute atomic E-state index is 14.8. The van der Waals surface area contributed by atoms with Crippen molar-refractivity contribution in [2.45, 2.75) is 20.1 Å². The first-order valence-electron chi connectivity index (χ1n) is 8.99. The van der Waals surface area contributed by atoms with E-state index in [-0.39, 0.29) is 12.2 Å². The van der Waals surface area contributed by atoms with Crippen molar-refractivity contribution < 1.29 is 19.0 Å². The lowest BCUT2D eigenvalue weighted by molar-refractivity contribution is 0.0341. The molecule has 1 fully saturated rings. The molecular formula is C21H24FN2O3. The zero-order valence-corrected chi connectivity index (χ0v) is 15.4. The molecule has 1 radical (unpaired) electrons. The normalized spacial score (nSPS) is 15.1. The second-order valence-corrected chi connectivity index (χ2v) is 6.66. The van der Waals surface area contributed by atoms with E-state index in [1.807, 2.05) is 18.2 Å². The molecule has 0 bridgehead atoms. The number of hydrogen-bond donors (Lipinski definition) is 2. The van der Waals surface area contributed by atoms with E-state index < -0.39 is 5.82 Å². The SMILES string of the molecule is C[C](Nc1cccc(CO)c1)c1cc(CN2CCOCC2)cc(C=O)c1F. The number of rotatable bonds is 7. The van der Waals surface area contributed by atoms with E-state index in [0.717, 1.165) is 29.9 Å². The van der Waals surface area contributed by atoms with Crippen LogP contribution in [0.25, 0.3) is 0 Å². The lowest BCUT2D eigenvalue weighted by Crippen LogP contribution is -2.35. The number of nitrogens with one attached hydrogen (secondary N) is 1. The number of carbonyl (C=O) groups is 1. The van der Waals surface area contributed by atoms with Gasteiger partial charge in [-0.2, -0.15) is 0 Å². The Morgan fingerprint density at radius 2 is 2.04 bits per heavy atom. The largest absolute Gasteiger partial charge is 0.392 e. The van der Waals surface area contributed by atoms with Crippen LogP contribution in [0.1, 0.15) is 34.0 Å². The summed E-state index contributed by atoms with van der Waals surface area (Å²) in [6.07, 6.45) is 0.557. The fraction of sp³-hybridized carbons (Fsp3) is 0.333. The number of halogens is 1. The maximum atomic E-state index is 14.8. The van der Waals surface area contributed by atoms with Crippen LogP contribution < -0.4 is 5.32 Å². The predicted molar refractivity (Wildman–Crippen MR) is 102 cm³/mol. The van der Waals surface area contributed by atoms with Crippen molar-refractivity contribution in [3.05, 3.63) is 70.5 Å². The van der Waals surface area contributed by atoms with Crippen molar-refractivity contribution in [3.63, 3.8) is 0 Å². The molecular weight excluding hydrogens is 347 g/mol. The Balaban J connectivity index is 1.83. The zero-order valence-electron chi connectivity index (χ0n) is 15.4. The second kappa shape index (κ2) is 9.08. The molecule has 1 saturated heterocycles. The number of ether oxygens (including phenoxy) is 1. The fourth-order valence-corrected chi connectivity index (χ4v) is 3.21. The van der Waals surface area contributed by atoms with E-state index in [0.29, 0.717) is 37.6 Å². The number of anilines is 1. The number of morpholine rings is 1. The molecule has 2 aromatic rings. The number of nitrogens with zero attached hydrogens (tertiary/aromatic N) is 1. The highest BCUT2D eigenvalue weighted by atomic mass is 19.1. The molecule has 0 amide bonds. The Morgan fingerprint density at radius 3 is 2.74 bits per heavy atom. The first-order valence-corrected chi connectivity index (χ1v) is 8.99. The van der Waals surface area contributed by atoms with Crippen molar-refractivity contribution >= 4 is 12.0 Å². The third kappa shape index (κ3) is 4.91. The minimum atomic E-state index is -0.529.